The van der Waals surface area contributed by atoms with E-state index in [0.29, 0.717) is 0 Å². The van der Waals surface area contributed by atoms with Crippen LogP contribution in [0, 0.1) is 0 Å². The summed E-state index contributed by atoms with van der Waals surface area (Å²) in [5, 5.41) is 0. The molecule has 0 spiro atoms. The standard InChI is InChI=1S/C56H55N/c1-53(2,3)39-33-40(54(4,5)6)35-43(34-39)57(41-28-25-36(26-29-41)37-27-30-47-45-19-11-13-23-49(45)55(7,8)51(47)32-37)42-18-15-17-38(31-42)44-21-16-22-48-46-20-12-14-24-50(46)56(9,10)52(44)48/h11-35H,1-10H3. The summed E-state index contributed by atoms with van der Waals surface area (Å²) in [4.78, 5) is 2.48. The summed E-state index contributed by atoms with van der Waals surface area (Å²) in [7, 11) is 0. The Bertz CT molecular complexity index is 2660. The minimum Gasteiger partial charge on any atom is -0.310 e. The largest absolute Gasteiger partial charge is 0.310 e. The van der Waals surface area contributed by atoms with Crippen LogP contribution in [0.2, 0.25) is 0 Å². The molecule has 0 unspecified atom stereocenters. The first-order chi connectivity index (χ1) is 27.0. The van der Waals surface area contributed by atoms with E-state index in [-0.39, 0.29) is 21.7 Å². The van der Waals surface area contributed by atoms with Gasteiger partial charge in [-0.25, -0.2) is 0 Å². The van der Waals surface area contributed by atoms with E-state index in [1.165, 1.54) is 83.6 Å². The number of fused-ring (bicyclic) bond motifs is 6. The highest BCUT2D eigenvalue weighted by Crippen LogP contribution is 2.53. The van der Waals surface area contributed by atoms with Crippen molar-refractivity contribution in [1.82, 2.24) is 0 Å². The lowest BCUT2D eigenvalue weighted by Crippen LogP contribution is -2.19. The smallest absolute Gasteiger partial charge is 0.0467 e. The van der Waals surface area contributed by atoms with E-state index in [1.807, 2.05) is 0 Å². The van der Waals surface area contributed by atoms with Crippen molar-refractivity contribution in [2.75, 3.05) is 4.90 Å². The zero-order valence-electron chi connectivity index (χ0n) is 35.4. The summed E-state index contributed by atoms with van der Waals surface area (Å²) < 4.78 is 0. The van der Waals surface area contributed by atoms with Gasteiger partial charge in [0.25, 0.3) is 0 Å². The molecule has 9 rings (SSSR count). The highest BCUT2D eigenvalue weighted by Gasteiger charge is 2.38. The fraction of sp³-hybridized carbons (Fsp3) is 0.250. The molecule has 284 valence electrons. The Balaban J connectivity index is 1.18. The second kappa shape index (κ2) is 12.9. The van der Waals surface area contributed by atoms with Gasteiger partial charge in [0, 0.05) is 27.9 Å². The maximum absolute atomic E-state index is 2.48. The van der Waals surface area contributed by atoms with Crippen LogP contribution < -0.4 is 4.90 Å². The summed E-state index contributed by atoms with van der Waals surface area (Å²) in [6.45, 7) is 23.4. The third kappa shape index (κ3) is 6.06. The molecule has 2 aliphatic rings. The zero-order chi connectivity index (χ0) is 40.1. The Morgan fingerprint density at radius 1 is 0.351 bits per heavy atom. The van der Waals surface area contributed by atoms with Crippen LogP contribution >= 0.6 is 0 Å². The number of hydrogen-bond acceptors (Lipinski definition) is 1. The second-order valence-corrected chi connectivity index (χ2v) is 19.5. The molecule has 57 heavy (non-hydrogen) atoms. The lowest BCUT2D eigenvalue weighted by Gasteiger charge is -2.31. The van der Waals surface area contributed by atoms with Gasteiger partial charge in [-0.05, 0) is 131 Å². The fourth-order valence-corrected chi connectivity index (χ4v) is 9.64. The minimum absolute atomic E-state index is 0.0143. The Kier molecular flexibility index (Phi) is 8.38. The summed E-state index contributed by atoms with van der Waals surface area (Å²) in [5.74, 6) is 0. The van der Waals surface area contributed by atoms with E-state index in [1.54, 1.807) is 0 Å². The summed E-state index contributed by atoms with van der Waals surface area (Å²) in [6, 6.07) is 57.4. The third-order valence-electron chi connectivity index (χ3n) is 12.9. The van der Waals surface area contributed by atoms with Crippen molar-refractivity contribution in [3.05, 3.63) is 185 Å². The zero-order valence-corrected chi connectivity index (χ0v) is 35.4. The van der Waals surface area contributed by atoms with Gasteiger partial charge in [0.1, 0.15) is 0 Å². The molecule has 2 aliphatic carbocycles. The van der Waals surface area contributed by atoms with Crippen molar-refractivity contribution in [3.63, 3.8) is 0 Å². The summed E-state index contributed by atoms with van der Waals surface area (Å²) in [5.41, 5.74) is 22.0. The van der Waals surface area contributed by atoms with Gasteiger partial charge in [0.05, 0.1) is 0 Å². The van der Waals surface area contributed by atoms with Crippen LogP contribution in [-0.4, -0.2) is 0 Å². The fourth-order valence-electron chi connectivity index (χ4n) is 9.64. The van der Waals surface area contributed by atoms with Gasteiger partial charge in [0.2, 0.25) is 0 Å². The van der Waals surface area contributed by atoms with Crippen LogP contribution in [0.25, 0.3) is 44.5 Å². The average molecular weight is 742 g/mol. The first-order valence-corrected chi connectivity index (χ1v) is 20.7. The molecule has 7 aromatic carbocycles. The molecule has 1 heteroatoms. The predicted octanol–water partition coefficient (Wildman–Crippen LogP) is 15.7. The van der Waals surface area contributed by atoms with Gasteiger partial charge in [-0.1, -0.05) is 178 Å². The van der Waals surface area contributed by atoms with Gasteiger partial charge < -0.3 is 4.90 Å². The number of hydrogen-bond donors (Lipinski definition) is 0. The number of benzene rings is 7. The highest BCUT2D eigenvalue weighted by atomic mass is 15.1. The van der Waals surface area contributed by atoms with Crippen LogP contribution in [-0.2, 0) is 21.7 Å². The van der Waals surface area contributed by atoms with E-state index in [4.69, 9.17) is 0 Å². The molecule has 0 saturated heterocycles. The molecule has 0 saturated carbocycles. The third-order valence-corrected chi connectivity index (χ3v) is 12.9. The van der Waals surface area contributed by atoms with Crippen molar-refractivity contribution in [2.45, 2.75) is 90.9 Å². The van der Waals surface area contributed by atoms with Crippen molar-refractivity contribution in [3.8, 4) is 44.5 Å². The Hall–Kier alpha value is -5.66. The van der Waals surface area contributed by atoms with E-state index in [2.05, 4.69) is 226 Å². The van der Waals surface area contributed by atoms with Crippen LogP contribution in [0.5, 0.6) is 0 Å². The summed E-state index contributed by atoms with van der Waals surface area (Å²) in [6.07, 6.45) is 0. The first-order valence-electron chi connectivity index (χ1n) is 20.7. The molecule has 0 aromatic heterocycles. The maximum atomic E-state index is 2.48. The predicted molar refractivity (Wildman–Crippen MR) is 245 cm³/mol. The van der Waals surface area contributed by atoms with Crippen molar-refractivity contribution in [1.29, 1.82) is 0 Å². The van der Waals surface area contributed by atoms with Crippen LogP contribution in [0.15, 0.2) is 152 Å². The molecule has 0 bridgehead atoms. The normalized spacial score (nSPS) is 14.8. The minimum atomic E-state index is -0.105. The maximum Gasteiger partial charge on any atom is 0.0467 e. The molecule has 0 atom stereocenters. The van der Waals surface area contributed by atoms with Gasteiger partial charge in [-0.15, -0.1) is 0 Å². The highest BCUT2D eigenvalue weighted by molar-refractivity contribution is 5.90. The first kappa shape index (κ1) is 36.9. The lowest BCUT2D eigenvalue weighted by molar-refractivity contribution is 0.569. The molecule has 0 fully saturated rings. The molecule has 0 aliphatic heterocycles. The molecule has 0 amide bonds. The Morgan fingerprint density at radius 3 is 1.53 bits per heavy atom. The SMILES string of the molecule is CC(C)(C)c1cc(N(c2ccc(-c3ccc4c(c3)C(C)(C)c3ccccc3-4)cc2)c2cccc(-c3cccc4c3C(C)(C)c3ccccc3-4)c2)cc(C(C)(C)C)c1. The van der Waals surface area contributed by atoms with Crippen molar-refractivity contribution in [2.24, 2.45) is 0 Å². The number of rotatable bonds is 5. The van der Waals surface area contributed by atoms with Gasteiger partial charge in [-0.3, -0.25) is 0 Å². The van der Waals surface area contributed by atoms with Crippen LogP contribution in [0.3, 0.4) is 0 Å². The Labute approximate surface area is 341 Å². The molecular weight excluding hydrogens is 687 g/mol. The van der Waals surface area contributed by atoms with E-state index >= 15 is 0 Å². The van der Waals surface area contributed by atoms with E-state index < -0.39 is 0 Å². The number of anilines is 3. The van der Waals surface area contributed by atoms with Crippen LogP contribution in [0.1, 0.15) is 103 Å². The van der Waals surface area contributed by atoms with Crippen molar-refractivity contribution >= 4 is 17.1 Å². The van der Waals surface area contributed by atoms with Gasteiger partial charge in [-0.2, -0.15) is 0 Å². The average Bonchev–Trinajstić information content (AvgIpc) is 3.57. The molecule has 0 heterocycles. The molecule has 7 aromatic rings. The van der Waals surface area contributed by atoms with Gasteiger partial charge in [0.15, 0.2) is 0 Å². The topological polar surface area (TPSA) is 3.24 Å². The van der Waals surface area contributed by atoms with Gasteiger partial charge >= 0.3 is 0 Å². The van der Waals surface area contributed by atoms with E-state index in [9.17, 15) is 0 Å². The Morgan fingerprint density at radius 2 is 0.877 bits per heavy atom. The molecule has 1 nitrogen and oxygen atoms in total. The second-order valence-electron chi connectivity index (χ2n) is 19.5. The number of nitrogens with zero attached hydrogens (tertiary/aromatic N) is 1. The van der Waals surface area contributed by atoms with Crippen LogP contribution in [0.4, 0.5) is 17.1 Å². The quantitative estimate of drug-likeness (QED) is 0.170. The van der Waals surface area contributed by atoms with Crippen molar-refractivity contribution < 1.29 is 0 Å². The lowest BCUT2D eigenvalue weighted by atomic mass is 9.79. The molecule has 0 radical (unpaired) electrons. The molecular formula is C56H55N. The molecule has 0 N–H and O–H groups in total. The monoisotopic (exact) mass is 741 g/mol. The van der Waals surface area contributed by atoms with E-state index in [0.717, 1.165) is 11.4 Å². The summed E-state index contributed by atoms with van der Waals surface area (Å²) >= 11 is 0.